The Hall–Kier alpha value is -1.07. The van der Waals surface area contributed by atoms with Crippen LogP contribution in [-0.4, -0.2) is 20.6 Å². The fraction of sp³-hybridized carbons (Fsp3) is 0.417. The van der Waals surface area contributed by atoms with E-state index in [9.17, 15) is 9.00 Å². The van der Waals surface area contributed by atoms with E-state index in [-0.39, 0.29) is 11.2 Å². The monoisotopic (exact) mass is 288 g/mol. The van der Waals surface area contributed by atoms with E-state index in [1.54, 1.807) is 25.1 Å². The minimum absolute atomic E-state index is 0.0617. The summed E-state index contributed by atoms with van der Waals surface area (Å²) in [6.07, 6.45) is 0. The highest BCUT2D eigenvalue weighted by Gasteiger charge is 2.22. The molecule has 0 saturated heterocycles. The number of hydrogen-bond donors (Lipinski definition) is 2. The van der Waals surface area contributed by atoms with Crippen molar-refractivity contribution >= 4 is 39.7 Å². The molecule has 0 aliphatic heterocycles. The molecule has 0 aliphatic carbocycles. The molecule has 2 unspecified atom stereocenters. The summed E-state index contributed by atoms with van der Waals surface area (Å²) in [6.45, 7) is 5.27. The van der Waals surface area contributed by atoms with Gasteiger partial charge in [0.15, 0.2) is 0 Å². The van der Waals surface area contributed by atoms with Crippen LogP contribution in [0, 0.1) is 0 Å². The van der Waals surface area contributed by atoms with Crippen LogP contribution >= 0.6 is 11.6 Å². The summed E-state index contributed by atoms with van der Waals surface area (Å²) in [5.41, 5.74) is 6.60. The minimum Gasteiger partial charge on any atom is -0.397 e. The maximum Gasteiger partial charge on any atom is 0.239 e. The molecule has 0 spiro atoms. The molecule has 6 heteroatoms. The van der Waals surface area contributed by atoms with Crippen molar-refractivity contribution in [3.63, 3.8) is 0 Å². The number of nitrogen functional groups attached to an aromatic ring is 1. The van der Waals surface area contributed by atoms with Crippen molar-refractivity contribution in [1.29, 1.82) is 0 Å². The van der Waals surface area contributed by atoms with Crippen molar-refractivity contribution in [2.75, 3.05) is 11.1 Å². The molecule has 0 bridgehead atoms. The topological polar surface area (TPSA) is 72.2 Å². The summed E-state index contributed by atoms with van der Waals surface area (Å²) in [5, 5.41) is 2.52. The molecule has 0 heterocycles. The number of carbonyl (C=O) groups excluding carboxylic acids is 1. The van der Waals surface area contributed by atoms with Crippen LogP contribution in [0.2, 0.25) is 5.02 Å². The van der Waals surface area contributed by atoms with Gasteiger partial charge in [-0.15, -0.1) is 0 Å². The molecule has 1 aromatic rings. The zero-order chi connectivity index (χ0) is 13.9. The van der Waals surface area contributed by atoms with Gasteiger partial charge < -0.3 is 11.1 Å². The maximum atomic E-state index is 11.9. The Kier molecular flexibility index (Phi) is 5.16. The highest BCUT2D eigenvalue weighted by Crippen LogP contribution is 2.23. The predicted octanol–water partition coefficient (Wildman–Crippen LogP) is 2.41. The second-order valence-corrected chi connectivity index (χ2v) is 6.98. The first-order valence-corrected chi connectivity index (χ1v) is 7.23. The SMILES string of the molecule is CC(C)S(=O)C(C)C(=O)Nc1ccc(Cl)cc1N. The lowest BCUT2D eigenvalue weighted by Crippen LogP contribution is -2.32. The average Bonchev–Trinajstić information content (AvgIpc) is 2.30. The van der Waals surface area contributed by atoms with Gasteiger partial charge in [-0.25, -0.2) is 0 Å². The summed E-state index contributed by atoms with van der Waals surface area (Å²) in [6, 6.07) is 4.82. The number of halogens is 1. The van der Waals surface area contributed by atoms with Crippen LogP contribution in [-0.2, 0) is 15.6 Å². The smallest absolute Gasteiger partial charge is 0.239 e. The lowest BCUT2D eigenvalue weighted by Gasteiger charge is -2.15. The van der Waals surface area contributed by atoms with Crippen LogP contribution < -0.4 is 11.1 Å². The Labute approximate surface area is 114 Å². The van der Waals surface area contributed by atoms with Gasteiger partial charge in [0.05, 0.1) is 11.4 Å². The molecule has 0 saturated carbocycles. The van der Waals surface area contributed by atoms with E-state index in [2.05, 4.69) is 5.32 Å². The van der Waals surface area contributed by atoms with E-state index in [0.29, 0.717) is 16.4 Å². The quantitative estimate of drug-likeness (QED) is 0.836. The van der Waals surface area contributed by atoms with E-state index in [0.717, 1.165) is 0 Å². The van der Waals surface area contributed by atoms with Crippen molar-refractivity contribution in [1.82, 2.24) is 0 Å². The summed E-state index contributed by atoms with van der Waals surface area (Å²) in [5.74, 6) is -0.309. The summed E-state index contributed by atoms with van der Waals surface area (Å²) < 4.78 is 11.8. The van der Waals surface area contributed by atoms with Gasteiger partial charge in [0.25, 0.3) is 0 Å². The molecule has 0 radical (unpaired) electrons. The standard InChI is InChI=1S/C12H17ClN2O2S/c1-7(2)18(17)8(3)12(16)15-11-5-4-9(13)6-10(11)14/h4-8H,14H2,1-3H3,(H,15,16). The lowest BCUT2D eigenvalue weighted by atomic mass is 10.2. The van der Waals surface area contributed by atoms with Gasteiger partial charge >= 0.3 is 0 Å². The largest absolute Gasteiger partial charge is 0.397 e. The Morgan fingerprint density at radius 2 is 2.00 bits per heavy atom. The van der Waals surface area contributed by atoms with Crippen LogP contribution in [0.5, 0.6) is 0 Å². The lowest BCUT2D eigenvalue weighted by molar-refractivity contribution is -0.115. The fourth-order valence-corrected chi connectivity index (χ4v) is 2.66. The molecule has 3 N–H and O–H groups in total. The van der Waals surface area contributed by atoms with E-state index >= 15 is 0 Å². The van der Waals surface area contributed by atoms with Gasteiger partial charge in [0.1, 0.15) is 5.25 Å². The Morgan fingerprint density at radius 1 is 1.39 bits per heavy atom. The van der Waals surface area contributed by atoms with E-state index in [4.69, 9.17) is 17.3 Å². The van der Waals surface area contributed by atoms with Crippen LogP contribution in [0.3, 0.4) is 0 Å². The van der Waals surface area contributed by atoms with Crippen molar-refractivity contribution in [3.05, 3.63) is 23.2 Å². The number of hydrogen-bond acceptors (Lipinski definition) is 3. The van der Waals surface area contributed by atoms with Crippen molar-refractivity contribution in [2.45, 2.75) is 31.3 Å². The van der Waals surface area contributed by atoms with E-state index < -0.39 is 16.0 Å². The average molecular weight is 289 g/mol. The summed E-state index contributed by atoms with van der Waals surface area (Å²) >= 11 is 5.77. The Bertz CT molecular complexity index is 477. The molecule has 1 amide bonds. The minimum atomic E-state index is -1.21. The molecule has 100 valence electrons. The molecule has 4 nitrogen and oxygen atoms in total. The molecule has 1 rings (SSSR count). The number of nitrogens with two attached hydrogens (primary N) is 1. The third kappa shape index (κ3) is 3.71. The highest BCUT2D eigenvalue weighted by atomic mass is 35.5. The van der Waals surface area contributed by atoms with Gasteiger partial charge in [0.2, 0.25) is 5.91 Å². The zero-order valence-corrected chi connectivity index (χ0v) is 12.1. The van der Waals surface area contributed by atoms with Crippen LogP contribution in [0.4, 0.5) is 11.4 Å². The number of rotatable bonds is 4. The molecular formula is C12H17ClN2O2S. The first kappa shape index (κ1) is 15.0. The summed E-state index contributed by atoms with van der Waals surface area (Å²) in [7, 11) is -1.21. The number of anilines is 2. The molecule has 1 aromatic carbocycles. The van der Waals surface area contributed by atoms with Gasteiger partial charge in [-0.2, -0.15) is 0 Å². The first-order chi connectivity index (χ1) is 8.32. The summed E-state index contributed by atoms with van der Waals surface area (Å²) in [4.78, 5) is 11.9. The predicted molar refractivity (Wildman–Crippen MR) is 77.2 cm³/mol. The third-order valence-corrected chi connectivity index (χ3v) is 4.53. The molecule has 0 aromatic heterocycles. The number of carbonyl (C=O) groups is 1. The molecule has 2 atom stereocenters. The van der Waals surface area contributed by atoms with Crippen molar-refractivity contribution in [3.8, 4) is 0 Å². The van der Waals surface area contributed by atoms with Gasteiger partial charge in [-0.1, -0.05) is 25.4 Å². The van der Waals surface area contributed by atoms with Gasteiger partial charge in [-0.05, 0) is 25.1 Å². The van der Waals surface area contributed by atoms with Crippen molar-refractivity contribution < 1.29 is 9.00 Å². The molecule has 0 fully saturated rings. The number of amides is 1. The second kappa shape index (κ2) is 6.20. The molecule has 18 heavy (non-hydrogen) atoms. The maximum absolute atomic E-state index is 11.9. The van der Waals surface area contributed by atoms with Gasteiger partial charge in [-0.3, -0.25) is 9.00 Å². The molecular weight excluding hydrogens is 272 g/mol. The Morgan fingerprint density at radius 3 is 2.50 bits per heavy atom. The van der Waals surface area contributed by atoms with Crippen molar-refractivity contribution in [2.24, 2.45) is 0 Å². The second-order valence-electron chi connectivity index (χ2n) is 4.24. The molecule has 0 aliphatic rings. The van der Waals surface area contributed by atoms with Crippen LogP contribution in [0.1, 0.15) is 20.8 Å². The third-order valence-electron chi connectivity index (χ3n) is 2.45. The Balaban J connectivity index is 2.79. The number of benzene rings is 1. The fourth-order valence-electron chi connectivity index (χ4n) is 1.40. The van der Waals surface area contributed by atoms with E-state index in [1.165, 1.54) is 0 Å². The highest BCUT2D eigenvalue weighted by molar-refractivity contribution is 7.87. The zero-order valence-electron chi connectivity index (χ0n) is 10.6. The van der Waals surface area contributed by atoms with Gasteiger partial charge in [0, 0.05) is 21.1 Å². The first-order valence-electron chi connectivity index (χ1n) is 5.58. The van der Waals surface area contributed by atoms with E-state index in [1.807, 2.05) is 13.8 Å². The number of nitrogens with one attached hydrogen (secondary N) is 1. The normalized spacial score (nSPS) is 14.3. The van der Waals surface area contributed by atoms with Crippen LogP contribution in [0.25, 0.3) is 0 Å². The van der Waals surface area contributed by atoms with Crippen LogP contribution in [0.15, 0.2) is 18.2 Å².